The third-order valence-electron chi connectivity index (χ3n) is 3.79. The van der Waals surface area contributed by atoms with Gasteiger partial charge in [0.15, 0.2) is 0 Å². The molecule has 0 bridgehead atoms. The molecule has 130 valence electrons. The molecule has 7 heteroatoms. The second-order valence-corrected chi connectivity index (χ2v) is 7.20. The third-order valence-corrected chi connectivity index (χ3v) is 3.79. The fourth-order valence-corrected chi connectivity index (χ4v) is 2.52. The van der Waals surface area contributed by atoms with E-state index in [0.29, 0.717) is 24.4 Å². The molecule has 0 fully saturated rings. The molecule has 0 saturated carbocycles. The molecule has 1 aromatic carbocycles. The van der Waals surface area contributed by atoms with Crippen LogP contribution in [0.3, 0.4) is 0 Å². The number of imidazole rings is 1. The van der Waals surface area contributed by atoms with Crippen LogP contribution in [0.25, 0.3) is 11.0 Å². The number of anilines is 2. The summed E-state index contributed by atoms with van der Waals surface area (Å²) in [6.07, 6.45) is 0.651. The van der Waals surface area contributed by atoms with Gasteiger partial charge in [-0.05, 0) is 23.6 Å². The SMILES string of the molecule is CN(C(=O)CC(C)(C)C)c1ccc2c(c1)nc(N)n2CCC(N)=O. The molecule has 0 radical (unpaired) electrons. The Bertz CT molecular complexity index is 773. The van der Waals surface area contributed by atoms with Crippen LogP contribution < -0.4 is 16.4 Å². The summed E-state index contributed by atoms with van der Waals surface area (Å²) in [4.78, 5) is 29.3. The minimum absolute atomic E-state index is 0.0444. The molecule has 1 aromatic heterocycles. The van der Waals surface area contributed by atoms with Crippen molar-refractivity contribution in [1.29, 1.82) is 0 Å². The second-order valence-electron chi connectivity index (χ2n) is 7.20. The quantitative estimate of drug-likeness (QED) is 0.872. The molecule has 0 saturated heterocycles. The summed E-state index contributed by atoms with van der Waals surface area (Å²) >= 11 is 0. The number of nitrogens with zero attached hydrogens (tertiary/aromatic N) is 3. The van der Waals surface area contributed by atoms with Crippen LogP contribution in [-0.2, 0) is 16.1 Å². The number of carbonyl (C=O) groups excluding carboxylic acids is 2. The molecule has 0 aliphatic carbocycles. The first-order chi connectivity index (χ1) is 11.1. The predicted octanol–water partition coefficient (Wildman–Crippen LogP) is 1.89. The van der Waals surface area contributed by atoms with E-state index in [1.807, 2.05) is 39.0 Å². The normalized spacial score (nSPS) is 11.7. The van der Waals surface area contributed by atoms with Crippen LogP contribution in [0.4, 0.5) is 11.6 Å². The van der Waals surface area contributed by atoms with Crippen LogP contribution in [-0.4, -0.2) is 28.4 Å². The van der Waals surface area contributed by atoms with Crippen molar-refractivity contribution in [2.45, 2.75) is 40.2 Å². The highest BCUT2D eigenvalue weighted by Gasteiger charge is 2.20. The van der Waals surface area contributed by atoms with Gasteiger partial charge in [-0.2, -0.15) is 0 Å². The Morgan fingerprint density at radius 2 is 1.96 bits per heavy atom. The minimum atomic E-state index is -0.389. The topological polar surface area (TPSA) is 107 Å². The van der Waals surface area contributed by atoms with Crippen molar-refractivity contribution < 1.29 is 9.59 Å². The number of nitrogen functional groups attached to an aromatic ring is 1. The minimum Gasteiger partial charge on any atom is -0.370 e. The maximum absolute atomic E-state index is 12.4. The number of hydrogen-bond donors (Lipinski definition) is 2. The molecule has 2 aromatic rings. The first-order valence-electron chi connectivity index (χ1n) is 7.89. The Kier molecular flexibility index (Phi) is 4.82. The lowest BCUT2D eigenvalue weighted by atomic mass is 9.91. The van der Waals surface area contributed by atoms with E-state index >= 15 is 0 Å². The smallest absolute Gasteiger partial charge is 0.227 e. The Labute approximate surface area is 141 Å². The van der Waals surface area contributed by atoms with Crippen molar-refractivity contribution in [3.05, 3.63) is 18.2 Å². The van der Waals surface area contributed by atoms with Gasteiger partial charge in [0.25, 0.3) is 0 Å². The highest BCUT2D eigenvalue weighted by Crippen LogP contribution is 2.26. The number of fused-ring (bicyclic) bond motifs is 1. The van der Waals surface area contributed by atoms with Gasteiger partial charge >= 0.3 is 0 Å². The van der Waals surface area contributed by atoms with E-state index in [1.54, 1.807) is 16.5 Å². The number of benzene rings is 1. The van der Waals surface area contributed by atoms with Crippen LogP contribution in [0.2, 0.25) is 0 Å². The molecule has 1 heterocycles. The molecule has 2 rings (SSSR count). The maximum Gasteiger partial charge on any atom is 0.227 e. The molecule has 2 amide bonds. The standard InChI is InChI=1S/C17H25N5O2/c1-17(2,3)10-15(24)21(4)11-5-6-13-12(9-11)20-16(19)22(13)8-7-14(18)23/h5-6,9H,7-8,10H2,1-4H3,(H2,18,23)(H2,19,20). The monoisotopic (exact) mass is 331 g/mol. The zero-order valence-electron chi connectivity index (χ0n) is 14.7. The number of rotatable bonds is 5. The number of primary amides is 1. The van der Waals surface area contributed by atoms with E-state index < -0.39 is 0 Å². The molecule has 0 aliphatic rings. The van der Waals surface area contributed by atoms with Crippen LogP contribution in [0.15, 0.2) is 18.2 Å². The zero-order valence-corrected chi connectivity index (χ0v) is 14.7. The summed E-state index contributed by atoms with van der Waals surface area (Å²) < 4.78 is 1.75. The van der Waals surface area contributed by atoms with Crippen molar-refractivity contribution in [1.82, 2.24) is 9.55 Å². The van der Waals surface area contributed by atoms with Crippen molar-refractivity contribution in [3.63, 3.8) is 0 Å². The number of carbonyl (C=O) groups is 2. The van der Waals surface area contributed by atoms with Gasteiger partial charge in [-0.25, -0.2) is 4.98 Å². The molecular weight excluding hydrogens is 306 g/mol. The van der Waals surface area contributed by atoms with E-state index in [0.717, 1.165) is 11.2 Å². The first kappa shape index (κ1) is 17.8. The molecular formula is C17H25N5O2. The largest absolute Gasteiger partial charge is 0.370 e. The lowest BCUT2D eigenvalue weighted by Crippen LogP contribution is -2.29. The highest BCUT2D eigenvalue weighted by molar-refractivity contribution is 5.95. The summed E-state index contributed by atoms with van der Waals surface area (Å²) in [5.41, 5.74) is 13.3. The molecule has 24 heavy (non-hydrogen) atoms. The van der Waals surface area contributed by atoms with Crippen molar-refractivity contribution >= 4 is 34.5 Å². The predicted molar refractivity (Wildman–Crippen MR) is 95.4 cm³/mol. The van der Waals surface area contributed by atoms with Gasteiger partial charge in [0, 0.05) is 32.1 Å². The van der Waals surface area contributed by atoms with Crippen LogP contribution in [0.1, 0.15) is 33.6 Å². The highest BCUT2D eigenvalue weighted by atomic mass is 16.2. The van der Waals surface area contributed by atoms with Gasteiger partial charge in [0.1, 0.15) is 0 Å². The molecule has 0 spiro atoms. The molecule has 0 unspecified atom stereocenters. The fraction of sp³-hybridized carbons (Fsp3) is 0.471. The van der Waals surface area contributed by atoms with E-state index in [2.05, 4.69) is 4.98 Å². The number of aromatic nitrogens is 2. The van der Waals surface area contributed by atoms with E-state index in [9.17, 15) is 9.59 Å². The van der Waals surface area contributed by atoms with Crippen LogP contribution in [0, 0.1) is 5.41 Å². The second kappa shape index (κ2) is 6.51. The van der Waals surface area contributed by atoms with Gasteiger partial charge in [-0.1, -0.05) is 20.8 Å². The summed E-state index contributed by atoms with van der Waals surface area (Å²) in [6.45, 7) is 6.48. The Balaban J connectivity index is 2.29. The lowest BCUT2D eigenvalue weighted by Gasteiger charge is -2.23. The van der Waals surface area contributed by atoms with E-state index in [1.165, 1.54) is 0 Å². The van der Waals surface area contributed by atoms with Crippen molar-refractivity contribution in [3.8, 4) is 0 Å². The van der Waals surface area contributed by atoms with E-state index in [-0.39, 0.29) is 23.7 Å². The van der Waals surface area contributed by atoms with Crippen LogP contribution >= 0.6 is 0 Å². The van der Waals surface area contributed by atoms with Crippen molar-refractivity contribution in [2.24, 2.45) is 11.1 Å². The van der Waals surface area contributed by atoms with Crippen molar-refractivity contribution in [2.75, 3.05) is 17.7 Å². The Morgan fingerprint density at radius 1 is 1.29 bits per heavy atom. The Morgan fingerprint density at radius 3 is 2.54 bits per heavy atom. The average molecular weight is 331 g/mol. The summed E-state index contributed by atoms with van der Waals surface area (Å²) in [5.74, 6) is -0.0181. The third kappa shape index (κ3) is 4.04. The van der Waals surface area contributed by atoms with Gasteiger partial charge in [-0.15, -0.1) is 0 Å². The van der Waals surface area contributed by atoms with Gasteiger partial charge < -0.3 is 20.9 Å². The summed E-state index contributed by atoms with van der Waals surface area (Å²) in [5, 5.41) is 0. The number of aryl methyl sites for hydroxylation is 1. The molecule has 4 N–H and O–H groups in total. The molecule has 7 nitrogen and oxygen atoms in total. The Hall–Kier alpha value is -2.57. The lowest BCUT2D eigenvalue weighted by molar-refractivity contribution is -0.120. The number of nitrogens with two attached hydrogens (primary N) is 2. The maximum atomic E-state index is 12.4. The van der Waals surface area contributed by atoms with Gasteiger partial charge in [0.05, 0.1) is 11.0 Å². The fourth-order valence-electron chi connectivity index (χ4n) is 2.52. The van der Waals surface area contributed by atoms with Gasteiger partial charge in [-0.3, -0.25) is 9.59 Å². The summed E-state index contributed by atoms with van der Waals surface area (Å²) in [7, 11) is 1.75. The van der Waals surface area contributed by atoms with E-state index in [4.69, 9.17) is 11.5 Å². The first-order valence-corrected chi connectivity index (χ1v) is 7.89. The number of amides is 2. The molecule has 0 aliphatic heterocycles. The van der Waals surface area contributed by atoms with Gasteiger partial charge in [0.2, 0.25) is 17.8 Å². The zero-order chi connectivity index (χ0) is 18.1. The number of hydrogen-bond acceptors (Lipinski definition) is 4. The summed E-state index contributed by atoms with van der Waals surface area (Å²) in [6, 6.07) is 5.54. The molecule has 0 atom stereocenters. The average Bonchev–Trinajstić information content (AvgIpc) is 2.76. The van der Waals surface area contributed by atoms with Crippen LogP contribution in [0.5, 0.6) is 0 Å².